The molecule has 0 unspecified atom stereocenters. The van der Waals surface area contributed by atoms with Crippen LogP contribution >= 0.6 is 23.4 Å². The maximum absolute atomic E-state index is 12.4. The van der Waals surface area contributed by atoms with Gasteiger partial charge in [-0.05, 0) is 48.5 Å². The second kappa shape index (κ2) is 9.19. The maximum Gasteiger partial charge on any atom is 0.223 e. The molecule has 138 valence electrons. The average Bonchev–Trinajstić information content (AvgIpc) is 2.69. The lowest BCUT2D eigenvalue weighted by Gasteiger charge is -2.36. The first kappa shape index (κ1) is 18.9. The molecule has 0 bridgehead atoms. The standard InChI is InChI=1S/C20H23ClN2O2S/c1-25-18-6-8-19(9-7-18)26-15-10-20(24)23-13-11-22(12-14-23)17-4-2-16(21)3-5-17/h2-9H,10-15H2,1H3. The van der Waals surface area contributed by atoms with E-state index < -0.39 is 0 Å². The van der Waals surface area contributed by atoms with Crippen LogP contribution in [0.4, 0.5) is 5.69 Å². The van der Waals surface area contributed by atoms with Crippen LogP contribution in [0.15, 0.2) is 53.4 Å². The van der Waals surface area contributed by atoms with Crippen molar-refractivity contribution in [3.63, 3.8) is 0 Å². The maximum atomic E-state index is 12.4. The summed E-state index contributed by atoms with van der Waals surface area (Å²) in [6, 6.07) is 15.8. The fourth-order valence-electron chi connectivity index (χ4n) is 2.95. The monoisotopic (exact) mass is 390 g/mol. The third kappa shape index (κ3) is 5.08. The van der Waals surface area contributed by atoms with Crippen molar-refractivity contribution < 1.29 is 9.53 Å². The van der Waals surface area contributed by atoms with Crippen LogP contribution in [0.2, 0.25) is 5.02 Å². The van der Waals surface area contributed by atoms with Gasteiger partial charge in [0.05, 0.1) is 7.11 Å². The summed E-state index contributed by atoms with van der Waals surface area (Å²) >= 11 is 7.65. The Labute approximate surface area is 164 Å². The highest BCUT2D eigenvalue weighted by Gasteiger charge is 2.20. The number of thioether (sulfide) groups is 1. The van der Waals surface area contributed by atoms with Crippen LogP contribution in [0.25, 0.3) is 0 Å². The molecule has 0 saturated carbocycles. The fraction of sp³-hybridized carbons (Fsp3) is 0.350. The molecular weight excluding hydrogens is 368 g/mol. The number of nitrogens with zero attached hydrogens (tertiary/aromatic N) is 2. The number of anilines is 1. The van der Waals surface area contributed by atoms with E-state index in [2.05, 4.69) is 4.90 Å². The molecule has 1 aliphatic rings. The molecule has 1 aliphatic heterocycles. The molecule has 0 N–H and O–H groups in total. The summed E-state index contributed by atoms with van der Waals surface area (Å²) in [5.74, 6) is 1.88. The normalized spacial score (nSPS) is 14.4. The number of piperazine rings is 1. The van der Waals surface area contributed by atoms with Crippen LogP contribution in [0.3, 0.4) is 0 Å². The van der Waals surface area contributed by atoms with Gasteiger partial charge in [0.1, 0.15) is 5.75 Å². The summed E-state index contributed by atoms with van der Waals surface area (Å²) in [6.07, 6.45) is 0.567. The van der Waals surface area contributed by atoms with Gasteiger partial charge < -0.3 is 14.5 Å². The summed E-state index contributed by atoms with van der Waals surface area (Å²) in [6.45, 7) is 3.27. The number of carbonyl (C=O) groups excluding carboxylic acids is 1. The minimum absolute atomic E-state index is 0.238. The number of rotatable bonds is 6. The average molecular weight is 391 g/mol. The molecule has 0 aromatic heterocycles. The fourth-order valence-corrected chi connectivity index (χ4v) is 3.92. The summed E-state index contributed by atoms with van der Waals surface area (Å²) in [7, 11) is 1.66. The van der Waals surface area contributed by atoms with Gasteiger partial charge in [-0.1, -0.05) is 11.6 Å². The van der Waals surface area contributed by atoms with E-state index in [-0.39, 0.29) is 5.91 Å². The van der Waals surface area contributed by atoms with E-state index in [1.54, 1.807) is 18.9 Å². The van der Waals surface area contributed by atoms with E-state index in [0.717, 1.165) is 53.3 Å². The zero-order chi connectivity index (χ0) is 18.4. The minimum Gasteiger partial charge on any atom is -0.497 e. The molecule has 0 spiro atoms. The van der Waals surface area contributed by atoms with Crippen LogP contribution in [0, 0.1) is 0 Å². The van der Waals surface area contributed by atoms with Crippen molar-refractivity contribution in [3.8, 4) is 5.75 Å². The first-order valence-corrected chi connectivity index (χ1v) is 10.1. The number of carbonyl (C=O) groups is 1. The second-order valence-electron chi connectivity index (χ2n) is 6.12. The lowest BCUT2D eigenvalue weighted by molar-refractivity contribution is -0.131. The molecule has 1 amide bonds. The van der Waals surface area contributed by atoms with Gasteiger partial charge in [0.2, 0.25) is 5.91 Å². The molecule has 0 atom stereocenters. The van der Waals surface area contributed by atoms with Crippen molar-refractivity contribution in [2.45, 2.75) is 11.3 Å². The highest BCUT2D eigenvalue weighted by molar-refractivity contribution is 7.99. The molecule has 1 saturated heterocycles. The molecule has 1 fully saturated rings. The molecule has 3 rings (SSSR count). The first-order valence-electron chi connectivity index (χ1n) is 8.71. The molecule has 26 heavy (non-hydrogen) atoms. The number of hydrogen-bond donors (Lipinski definition) is 0. The number of hydrogen-bond acceptors (Lipinski definition) is 4. The molecule has 2 aromatic rings. The van der Waals surface area contributed by atoms with Crippen molar-refractivity contribution in [2.24, 2.45) is 0 Å². The van der Waals surface area contributed by atoms with Gasteiger partial charge in [-0.2, -0.15) is 0 Å². The largest absolute Gasteiger partial charge is 0.497 e. The van der Waals surface area contributed by atoms with E-state index in [1.165, 1.54) is 0 Å². The van der Waals surface area contributed by atoms with Crippen molar-refractivity contribution in [3.05, 3.63) is 53.6 Å². The third-order valence-electron chi connectivity index (χ3n) is 4.47. The SMILES string of the molecule is COc1ccc(SCCC(=O)N2CCN(c3ccc(Cl)cc3)CC2)cc1. The van der Waals surface area contributed by atoms with E-state index in [9.17, 15) is 4.79 Å². The summed E-state index contributed by atoms with van der Waals surface area (Å²) in [4.78, 5) is 17.9. The van der Waals surface area contributed by atoms with Crippen molar-refractivity contribution >= 4 is 35.0 Å². The lowest BCUT2D eigenvalue weighted by atomic mass is 10.2. The van der Waals surface area contributed by atoms with E-state index in [1.807, 2.05) is 53.4 Å². The highest BCUT2D eigenvalue weighted by Crippen LogP contribution is 2.23. The zero-order valence-electron chi connectivity index (χ0n) is 14.9. The summed E-state index contributed by atoms with van der Waals surface area (Å²) in [5, 5.41) is 0.747. The van der Waals surface area contributed by atoms with Gasteiger partial charge in [-0.25, -0.2) is 0 Å². The van der Waals surface area contributed by atoms with Crippen LogP contribution in [-0.2, 0) is 4.79 Å². The Morgan fingerprint density at radius 2 is 1.69 bits per heavy atom. The predicted octanol–water partition coefficient (Wildman–Crippen LogP) is 4.18. The smallest absolute Gasteiger partial charge is 0.223 e. The van der Waals surface area contributed by atoms with Gasteiger partial charge in [0.25, 0.3) is 0 Å². The molecule has 6 heteroatoms. The Balaban J connectivity index is 1.41. The van der Waals surface area contributed by atoms with Crippen LogP contribution in [0.1, 0.15) is 6.42 Å². The highest BCUT2D eigenvalue weighted by atomic mass is 35.5. The van der Waals surface area contributed by atoms with Crippen LogP contribution < -0.4 is 9.64 Å². The van der Waals surface area contributed by atoms with Crippen molar-refractivity contribution in [1.29, 1.82) is 0 Å². The van der Waals surface area contributed by atoms with E-state index >= 15 is 0 Å². The van der Waals surface area contributed by atoms with Crippen LogP contribution in [-0.4, -0.2) is 49.8 Å². The minimum atomic E-state index is 0.238. The number of ether oxygens (including phenoxy) is 1. The number of halogens is 1. The number of methoxy groups -OCH3 is 1. The van der Waals surface area contributed by atoms with Crippen LogP contribution in [0.5, 0.6) is 5.75 Å². The lowest BCUT2D eigenvalue weighted by Crippen LogP contribution is -2.48. The molecule has 1 heterocycles. The Morgan fingerprint density at radius 1 is 1.04 bits per heavy atom. The zero-order valence-corrected chi connectivity index (χ0v) is 16.4. The molecule has 0 radical (unpaired) electrons. The Bertz CT molecular complexity index is 714. The van der Waals surface area contributed by atoms with E-state index in [0.29, 0.717) is 6.42 Å². The van der Waals surface area contributed by atoms with E-state index in [4.69, 9.17) is 16.3 Å². The molecular formula is C20H23ClN2O2S. The summed E-state index contributed by atoms with van der Waals surface area (Å²) in [5.41, 5.74) is 1.16. The second-order valence-corrected chi connectivity index (χ2v) is 7.72. The number of amides is 1. The summed E-state index contributed by atoms with van der Waals surface area (Å²) < 4.78 is 5.16. The Morgan fingerprint density at radius 3 is 2.31 bits per heavy atom. The van der Waals surface area contributed by atoms with Crippen molar-refractivity contribution in [1.82, 2.24) is 4.90 Å². The van der Waals surface area contributed by atoms with Gasteiger partial charge >= 0.3 is 0 Å². The van der Waals surface area contributed by atoms with Crippen molar-refractivity contribution in [2.75, 3.05) is 43.9 Å². The number of benzene rings is 2. The van der Waals surface area contributed by atoms with Gasteiger partial charge in [-0.15, -0.1) is 11.8 Å². The van der Waals surface area contributed by atoms with Gasteiger partial charge in [-0.3, -0.25) is 4.79 Å². The topological polar surface area (TPSA) is 32.8 Å². The third-order valence-corrected chi connectivity index (χ3v) is 5.73. The van der Waals surface area contributed by atoms with Gasteiger partial charge in [0.15, 0.2) is 0 Å². The quantitative estimate of drug-likeness (QED) is 0.693. The predicted molar refractivity (Wildman–Crippen MR) is 109 cm³/mol. The first-order chi connectivity index (χ1) is 12.7. The Hall–Kier alpha value is -1.85. The molecule has 0 aliphatic carbocycles. The molecule has 2 aromatic carbocycles. The van der Waals surface area contributed by atoms with Gasteiger partial charge in [0, 0.05) is 54.0 Å². The Kier molecular flexibility index (Phi) is 6.69. The molecule has 4 nitrogen and oxygen atoms in total.